The number of pyridine rings is 1. The summed E-state index contributed by atoms with van der Waals surface area (Å²) in [6, 6.07) is 3.45. The van der Waals surface area contributed by atoms with Crippen molar-refractivity contribution in [3.8, 4) is 0 Å². The van der Waals surface area contributed by atoms with Crippen LogP contribution in [0.1, 0.15) is 16.1 Å². The molecule has 2 rings (SSSR count). The first-order valence-electron chi connectivity index (χ1n) is 4.93. The topological polar surface area (TPSA) is 76.0 Å². The third kappa shape index (κ3) is 2.77. The van der Waals surface area contributed by atoms with Crippen molar-refractivity contribution >= 4 is 29.3 Å². The van der Waals surface area contributed by atoms with Crippen LogP contribution in [0.25, 0.3) is 0 Å². The van der Waals surface area contributed by atoms with Crippen LogP contribution in [0.5, 0.6) is 0 Å². The Hall–Kier alpha value is -1.66. The Morgan fingerprint density at radius 2 is 2.22 bits per heavy atom. The second kappa shape index (κ2) is 5.32. The van der Waals surface area contributed by atoms with Crippen LogP contribution in [-0.4, -0.2) is 26.0 Å². The normalized spacial score (nSPS) is 10.3. The molecule has 0 bridgehead atoms. The van der Waals surface area contributed by atoms with E-state index in [4.69, 9.17) is 16.7 Å². The molecule has 0 atom stereocenters. The molecule has 2 aromatic rings. The van der Waals surface area contributed by atoms with Gasteiger partial charge in [-0.1, -0.05) is 11.6 Å². The van der Waals surface area contributed by atoms with E-state index in [-0.39, 0.29) is 5.56 Å². The van der Waals surface area contributed by atoms with E-state index in [1.165, 1.54) is 18.0 Å². The van der Waals surface area contributed by atoms with E-state index in [0.29, 0.717) is 20.9 Å². The maximum Gasteiger partial charge on any atom is 0.339 e. The Labute approximate surface area is 112 Å². The summed E-state index contributed by atoms with van der Waals surface area (Å²) in [5.41, 5.74) is 0.499. The minimum Gasteiger partial charge on any atom is -0.478 e. The van der Waals surface area contributed by atoms with Crippen LogP contribution in [0, 0.1) is 6.92 Å². The third-order valence-electron chi connectivity index (χ3n) is 2.10. The Kier molecular flexibility index (Phi) is 3.78. The van der Waals surface area contributed by atoms with Gasteiger partial charge in [-0.15, -0.1) is 0 Å². The van der Waals surface area contributed by atoms with Crippen molar-refractivity contribution in [2.45, 2.75) is 17.1 Å². The molecular weight excluding hydrogens is 274 g/mol. The van der Waals surface area contributed by atoms with Crippen molar-refractivity contribution in [3.05, 3.63) is 40.8 Å². The van der Waals surface area contributed by atoms with Crippen molar-refractivity contribution < 1.29 is 9.90 Å². The van der Waals surface area contributed by atoms with Crippen molar-refractivity contribution in [1.29, 1.82) is 0 Å². The van der Waals surface area contributed by atoms with Gasteiger partial charge in [0.1, 0.15) is 5.03 Å². The fourth-order valence-corrected chi connectivity index (χ4v) is 2.21. The van der Waals surface area contributed by atoms with Gasteiger partial charge in [-0.05, 0) is 30.8 Å². The molecule has 7 heteroatoms. The number of halogens is 1. The van der Waals surface area contributed by atoms with E-state index < -0.39 is 5.97 Å². The van der Waals surface area contributed by atoms with Crippen LogP contribution < -0.4 is 0 Å². The highest BCUT2D eigenvalue weighted by Crippen LogP contribution is 2.28. The quantitative estimate of drug-likeness (QED) is 0.872. The van der Waals surface area contributed by atoms with Gasteiger partial charge in [-0.2, -0.15) is 0 Å². The molecule has 92 valence electrons. The van der Waals surface area contributed by atoms with E-state index in [9.17, 15) is 4.79 Å². The van der Waals surface area contributed by atoms with Crippen LogP contribution in [0.2, 0.25) is 5.02 Å². The SMILES string of the molecule is Cc1nc(Sc2ncccc2Cl)ncc1C(=O)O. The lowest BCUT2D eigenvalue weighted by atomic mass is 10.2. The average molecular weight is 282 g/mol. The lowest BCUT2D eigenvalue weighted by Crippen LogP contribution is -2.03. The summed E-state index contributed by atoms with van der Waals surface area (Å²) in [6.07, 6.45) is 2.90. The fourth-order valence-electron chi connectivity index (χ4n) is 1.24. The largest absolute Gasteiger partial charge is 0.478 e. The van der Waals surface area contributed by atoms with Crippen LogP contribution in [0.3, 0.4) is 0 Å². The standard InChI is InChI=1S/C11H8ClN3O2S/c1-6-7(10(16)17)5-14-11(15-6)18-9-8(12)3-2-4-13-9/h2-5H,1H3,(H,16,17). The van der Waals surface area contributed by atoms with Gasteiger partial charge in [-0.3, -0.25) is 0 Å². The Morgan fingerprint density at radius 1 is 1.44 bits per heavy atom. The maximum atomic E-state index is 10.8. The van der Waals surface area contributed by atoms with Gasteiger partial charge < -0.3 is 5.11 Å². The minimum atomic E-state index is -1.04. The molecule has 0 amide bonds. The Morgan fingerprint density at radius 3 is 2.83 bits per heavy atom. The Balaban J connectivity index is 2.29. The molecule has 18 heavy (non-hydrogen) atoms. The first-order chi connectivity index (χ1) is 8.58. The fraction of sp³-hybridized carbons (Fsp3) is 0.0909. The molecule has 1 N–H and O–H groups in total. The van der Waals surface area contributed by atoms with Gasteiger partial charge in [0.25, 0.3) is 0 Å². The van der Waals surface area contributed by atoms with Crippen molar-refractivity contribution in [2.75, 3.05) is 0 Å². The summed E-state index contributed by atoms with van der Waals surface area (Å²) in [7, 11) is 0. The molecule has 0 aliphatic heterocycles. The van der Waals surface area contributed by atoms with Gasteiger partial charge >= 0.3 is 5.97 Å². The summed E-state index contributed by atoms with van der Waals surface area (Å²) >= 11 is 7.15. The minimum absolute atomic E-state index is 0.0893. The summed E-state index contributed by atoms with van der Waals surface area (Å²) in [4.78, 5) is 23.0. The molecule has 0 unspecified atom stereocenters. The Bertz CT molecular complexity index is 607. The lowest BCUT2D eigenvalue weighted by molar-refractivity contribution is 0.0695. The molecule has 2 aromatic heterocycles. The van der Waals surface area contributed by atoms with Crippen LogP contribution in [-0.2, 0) is 0 Å². The zero-order valence-electron chi connectivity index (χ0n) is 9.29. The number of aryl methyl sites for hydroxylation is 1. The highest BCUT2D eigenvalue weighted by Gasteiger charge is 2.12. The zero-order chi connectivity index (χ0) is 13.1. The van der Waals surface area contributed by atoms with E-state index >= 15 is 0 Å². The van der Waals surface area contributed by atoms with E-state index in [1.54, 1.807) is 25.3 Å². The van der Waals surface area contributed by atoms with Crippen LogP contribution in [0.15, 0.2) is 34.7 Å². The molecular formula is C11H8ClN3O2S. The van der Waals surface area contributed by atoms with Gasteiger partial charge in [0, 0.05) is 12.4 Å². The molecule has 0 saturated heterocycles. The highest BCUT2D eigenvalue weighted by atomic mass is 35.5. The molecule has 0 aromatic carbocycles. The second-order valence-electron chi connectivity index (χ2n) is 3.35. The van der Waals surface area contributed by atoms with E-state index in [1.807, 2.05) is 0 Å². The number of carboxylic acids is 1. The number of aromatic carboxylic acids is 1. The van der Waals surface area contributed by atoms with Gasteiger partial charge in [-0.25, -0.2) is 19.7 Å². The smallest absolute Gasteiger partial charge is 0.339 e. The molecule has 0 aliphatic rings. The van der Waals surface area contributed by atoms with Crippen LogP contribution in [0.4, 0.5) is 0 Å². The van der Waals surface area contributed by atoms with Gasteiger partial charge in [0.15, 0.2) is 5.16 Å². The molecule has 0 aliphatic carbocycles. The summed E-state index contributed by atoms with van der Waals surface area (Å²) in [5.74, 6) is -1.04. The van der Waals surface area contributed by atoms with Crippen molar-refractivity contribution in [3.63, 3.8) is 0 Å². The number of rotatable bonds is 3. The highest BCUT2D eigenvalue weighted by molar-refractivity contribution is 7.99. The van der Waals surface area contributed by atoms with E-state index in [2.05, 4.69) is 15.0 Å². The van der Waals surface area contributed by atoms with Gasteiger partial charge in [0.05, 0.1) is 16.3 Å². The number of carboxylic acid groups (broad SMARTS) is 1. The number of aromatic nitrogens is 3. The molecule has 0 spiro atoms. The summed E-state index contributed by atoms with van der Waals surface area (Å²) < 4.78 is 0. The van der Waals surface area contributed by atoms with Crippen LogP contribution >= 0.6 is 23.4 Å². The number of hydrogen-bond donors (Lipinski definition) is 1. The first kappa shape index (κ1) is 12.8. The predicted octanol–water partition coefficient (Wildman–Crippen LogP) is 2.68. The molecule has 0 fully saturated rings. The molecule has 0 radical (unpaired) electrons. The third-order valence-corrected chi connectivity index (χ3v) is 3.42. The average Bonchev–Trinajstić information content (AvgIpc) is 2.32. The number of hydrogen-bond acceptors (Lipinski definition) is 5. The number of carbonyl (C=O) groups is 1. The monoisotopic (exact) mass is 281 g/mol. The molecule has 2 heterocycles. The second-order valence-corrected chi connectivity index (χ2v) is 4.71. The first-order valence-corrected chi connectivity index (χ1v) is 6.12. The van der Waals surface area contributed by atoms with Gasteiger partial charge in [0.2, 0.25) is 0 Å². The zero-order valence-corrected chi connectivity index (χ0v) is 10.9. The molecule has 0 saturated carbocycles. The molecule has 5 nitrogen and oxygen atoms in total. The summed E-state index contributed by atoms with van der Waals surface area (Å²) in [5, 5.41) is 10.4. The summed E-state index contributed by atoms with van der Waals surface area (Å²) in [6.45, 7) is 1.62. The van der Waals surface area contributed by atoms with Crippen molar-refractivity contribution in [1.82, 2.24) is 15.0 Å². The number of nitrogens with zero attached hydrogens (tertiary/aromatic N) is 3. The maximum absolute atomic E-state index is 10.8. The van der Waals surface area contributed by atoms with Crippen molar-refractivity contribution in [2.24, 2.45) is 0 Å². The predicted molar refractivity (Wildman–Crippen MR) is 67.1 cm³/mol. The van der Waals surface area contributed by atoms with E-state index in [0.717, 1.165) is 0 Å². The lowest BCUT2D eigenvalue weighted by Gasteiger charge is -2.03.